The zero-order valence-corrected chi connectivity index (χ0v) is 10.6. The van der Waals surface area contributed by atoms with Gasteiger partial charge < -0.3 is 10.6 Å². The maximum absolute atomic E-state index is 11.6. The summed E-state index contributed by atoms with van der Waals surface area (Å²) < 4.78 is 0. The predicted octanol–water partition coefficient (Wildman–Crippen LogP) is 1.31. The highest BCUT2D eigenvalue weighted by Gasteiger charge is 2.28. The van der Waals surface area contributed by atoms with Gasteiger partial charge in [0.2, 0.25) is 5.91 Å². The number of carbonyl (C=O) groups is 2. The lowest BCUT2D eigenvalue weighted by Crippen LogP contribution is -2.35. The third kappa shape index (κ3) is 3.56. The van der Waals surface area contributed by atoms with E-state index in [1.54, 1.807) is 0 Å². The number of carbonyl (C=O) groups excluding carboxylic acids is 2. The van der Waals surface area contributed by atoms with Crippen LogP contribution in [0.5, 0.6) is 0 Å². The van der Waals surface area contributed by atoms with E-state index in [-0.39, 0.29) is 17.7 Å². The molecule has 0 bridgehead atoms. The van der Waals surface area contributed by atoms with Gasteiger partial charge in [0, 0.05) is 23.9 Å². The Morgan fingerprint density at radius 1 is 1.29 bits per heavy atom. The molecule has 1 aromatic heterocycles. The molecule has 1 aliphatic carbocycles. The van der Waals surface area contributed by atoms with Crippen molar-refractivity contribution in [3.63, 3.8) is 0 Å². The third-order valence-corrected chi connectivity index (χ3v) is 3.62. The molecule has 0 atom stereocenters. The summed E-state index contributed by atoms with van der Waals surface area (Å²) in [6.07, 6.45) is 2.01. The SMILES string of the molecule is Cc1ccc(C(=O)NCCNC(=O)C2CC2)s1. The van der Waals surface area contributed by atoms with Crippen molar-refractivity contribution in [3.8, 4) is 0 Å². The molecule has 92 valence electrons. The lowest BCUT2D eigenvalue weighted by atomic mass is 10.4. The van der Waals surface area contributed by atoms with Crippen LogP contribution in [0.15, 0.2) is 12.1 Å². The number of thiophene rings is 1. The highest BCUT2D eigenvalue weighted by atomic mass is 32.1. The first-order chi connectivity index (χ1) is 8.16. The van der Waals surface area contributed by atoms with Gasteiger partial charge in [0.05, 0.1) is 4.88 Å². The minimum absolute atomic E-state index is 0.0660. The molecule has 0 radical (unpaired) electrons. The van der Waals surface area contributed by atoms with Crippen LogP contribution < -0.4 is 10.6 Å². The van der Waals surface area contributed by atoms with Gasteiger partial charge in [0.15, 0.2) is 0 Å². The van der Waals surface area contributed by atoms with E-state index in [9.17, 15) is 9.59 Å². The fourth-order valence-corrected chi connectivity index (χ4v) is 2.28. The molecule has 0 unspecified atom stereocenters. The second kappa shape index (κ2) is 5.31. The van der Waals surface area contributed by atoms with Crippen LogP contribution in [0.25, 0.3) is 0 Å². The Kier molecular flexibility index (Phi) is 3.78. The quantitative estimate of drug-likeness (QED) is 0.776. The van der Waals surface area contributed by atoms with E-state index in [0.29, 0.717) is 13.1 Å². The number of aryl methyl sites for hydroxylation is 1. The van der Waals surface area contributed by atoms with Gasteiger partial charge >= 0.3 is 0 Å². The van der Waals surface area contributed by atoms with Gasteiger partial charge in [0.1, 0.15) is 0 Å². The van der Waals surface area contributed by atoms with Crippen molar-refractivity contribution in [1.29, 1.82) is 0 Å². The molecule has 2 N–H and O–H groups in total. The van der Waals surface area contributed by atoms with Gasteiger partial charge in [-0.3, -0.25) is 9.59 Å². The topological polar surface area (TPSA) is 58.2 Å². The van der Waals surface area contributed by atoms with Crippen LogP contribution in [0, 0.1) is 12.8 Å². The standard InChI is InChI=1S/C12H16N2O2S/c1-8-2-5-10(17-8)12(16)14-7-6-13-11(15)9-3-4-9/h2,5,9H,3-4,6-7H2,1H3,(H,13,15)(H,14,16). The molecule has 1 heterocycles. The van der Waals surface area contributed by atoms with Crippen molar-refractivity contribution < 1.29 is 9.59 Å². The summed E-state index contributed by atoms with van der Waals surface area (Å²) in [5.74, 6) is 0.278. The molecule has 0 aromatic carbocycles. The summed E-state index contributed by atoms with van der Waals surface area (Å²) in [7, 11) is 0. The van der Waals surface area contributed by atoms with Gasteiger partial charge in [-0.1, -0.05) is 0 Å². The fraction of sp³-hybridized carbons (Fsp3) is 0.500. The van der Waals surface area contributed by atoms with Gasteiger partial charge in [-0.25, -0.2) is 0 Å². The van der Waals surface area contributed by atoms with Crippen molar-refractivity contribution in [2.75, 3.05) is 13.1 Å². The molecule has 1 saturated carbocycles. The summed E-state index contributed by atoms with van der Waals surface area (Å²) in [6.45, 7) is 2.96. The number of hydrogen-bond acceptors (Lipinski definition) is 3. The summed E-state index contributed by atoms with van der Waals surface area (Å²) in [4.78, 5) is 24.8. The van der Waals surface area contributed by atoms with Gasteiger partial charge in [-0.2, -0.15) is 0 Å². The molecule has 5 heteroatoms. The second-order valence-electron chi connectivity index (χ2n) is 4.23. The highest BCUT2D eigenvalue weighted by Crippen LogP contribution is 2.28. The molecule has 2 amide bonds. The zero-order valence-electron chi connectivity index (χ0n) is 9.79. The first kappa shape index (κ1) is 12.1. The maximum Gasteiger partial charge on any atom is 0.261 e. The first-order valence-electron chi connectivity index (χ1n) is 5.79. The van der Waals surface area contributed by atoms with Crippen molar-refractivity contribution in [2.24, 2.45) is 5.92 Å². The Morgan fingerprint density at radius 3 is 2.59 bits per heavy atom. The minimum atomic E-state index is -0.0660. The Hall–Kier alpha value is -1.36. The second-order valence-corrected chi connectivity index (χ2v) is 5.52. The summed E-state index contributed by atoms with van der Waals surface area (Å²) in [5.41, 5.74) is 0. The molecule has 1 fully saturated rings. The van der Waals surface area contributed by atoms with E-state index < -0.39 is 0 Å². The van der Waals surface area contributed by atoms with Crippen LogP contribution in [-0.2, 0) is 4.79 Å². The summed E-state index contributed by atoms with van der Waals surface area (Å²) in [5, 5.41) is 5.59. The van der Waals surface area contributed by atoms with E-state index in [0.717, 1.165) is 22.6 Å². The Morgan fingerprint density at radius 2 is 2.00 bits per heavy atom. The van der Waals surface area contributed by atoms with E-state index in [4.69, 9.17) is 0 Å². The average Bonchev–Trinajstić information content (AvgIpc) is 3.07. The van der Waals surface area contributed by atoms with Gasteiger partial charge in [-0.15, -0.1) is 11.3 Å². The lowest BCUT2D eigenvalue weighted by Gasteiger charge is -2.05. The average molecular weight is 252 g/mol. The smallest absolute Gasteiger partial charge is 0.261 e. The maximum atomic E-state index is 11.6. The zero-order chi connectivity index (χ0) is 12.3. The molecule has 1 aromatic rings. The van der Waals surface area contributed by atoms with Gasteiger partial charge in [0.25, 0.3) is 5.91 Å². The molecule has 17 heavy (non-hydrogen) atoms. The van der Waals surface area contributed by atoms with Gasteiger partial charge in [-0.05, 0) is 31.9 Å². The van der Waals surface area contributed by atoms with Crippen molar-refractivity contribution in [2.45, 2.75) is 19.8 Å². The number of rotatable bonds is 5. The molecular formula is C12H16N2O2S. The van der Waals surface area contributed by atoms with E-state index in [2.05, 4.69) is 10.6 Å². The number of nitrogens with one attached hydrogen (secondary N) is 2. The Balaban J connectivity index is 1.64. The summed E-state index contributed by atoms with van der Waals surface area (Å²) in [6, 6.07) is 3.74. The first-order valence-corrected chi connectivity index (χ1v) is 6.61. The molecule has 0 saturated heterocycles. The van der Waals surface area contributed by atoms with Crippen molar-refractivity contribution >= 4 is 23.2 Å². The Bertz CT molecular complexity index is 424. The molecule has 1 aliphatic rings. The van der Waals surface area contributed by atoms with E-state index >= 15 is 0 Å². The van der Waals surface area contributed by atoms with Crippen LogP contribution in [0.4, 0.5) is 0 Å². The minimum Gasteiger partial charge on any atom is -0.354 e. The summed E-state index contributed by atoms with van der Waals surface area (Å²) >= 11 is 1.48. The largest absolute Gasteiger partial charge is 0.354 e. The third-order valence-electron chi connectivity index (χ3n) is 2.62. The lowest BCUT2D eigenvalue weighted by molar-refractivity contribution is -0.122. The van der Waals surface area contributed by atoms with Crippen molar-refractivity contribution in [3.05, 3.63) is 21.9 Å². The highest BCUT2D eigenvalue weighted by molar-refractivity contribution is 7.13. The van der Waals surface area contributed by atoms with Crippen LogP contribution in [-0.4, -0.2) is 24.9 Å². The molecular weight excluding hydrogens is 236 g/mol. The molecule has 0 spiro atoms. The normalized spacial score (nSPS) is 14.4. The molecule has 4 nitrogen and oxygen atoms in total. The van der Waals surface area contributed by atoms with Crippen LogP contribution in [0.1, 0.15) is 27.4 Å². The van der Waals surface area contributed by atoms with E-state index in [1.807, 2.05) is 19.1 Å². The van der Waals surface area contributed by atoms with Crippen LogP contribution in [0.2, 0.25) is 0 Å². The molecule has 0 aliphatic heterocycles. The van der Waals surface area contributed by atoms with Crippen LogP contribution >= 0.6 is 11.3 Å². The van der Waals surface area contributed by atoms with E-state index in [1.165, 1.54) is 11.3 Å². The van der Waals surface area contributed by atoms with Crippen LogP contribution in [0.3, 0.4) is 0 Å². The van der Waals surface area contributed by atoms with Crippen molar-refractivity contribution in [1.82, 2.24) is 10.6 Å². The number of hydrogen-bond donors (Lipinski definition) is 2. The fourth-order valence-electron chi connectivity index (χ4n) is 1.50. The molecule has 2 rings (SSSR count). The predicted molar refractivity (Wildman–Crippen MR) is 67.1 cm³/mol. The Labute approximate surface area is 104 Å². The number of amides is 2. The monoisotopic (exact) mass is 252 g/mol.